The van der Waals surface area contributed by atoms with Crippen LogP contribution in [-0.2, 0) is 6.42 Å². The van der Waals surface area contributed by atoms with Crippen molar-refractivity contribution in [3.05, 3.63) is 12.2 Å². The Hall–Kier alpha value is -0.900. The number of aromatic nitrogens is 3. The summed E-state index contributed by atoms with van der Waals surface area (Å²) < 4.78 is 1.98. The third-order valence-electron chi connectivity index (χ3n) is 3.48. The van der Waals surface area contributed by atoms with E-state index in [0.717, 1.165) is 12.2 Å². The van der Waals surface area contributed by atoms with Crippen LogP contribution in [0, 0.1) is 5.92 Å². The third kappa shape index (κ3) is 4.09. The molecule has 0 aliphatic heterocycles. The van der Waals surface area contributed by atoms with Crippen LogP contribution in [0.3, 0.4) is 0 Å². The van der Waals surface area contributed by atoms with Crippen LogP contribution in [0.4, 0.5) is 0 Å². The SMILES string of the molecule is CCCC(CCC)C(N)Cc1ncnn1C(C)C. The van der Waals surface area contributed by atoms with E-state index in [1.54, 1.807) is 6.33 Å². The molecule has 0 aliphatic carbocycles. The van der Waals surface area contributed by atoms with Crippen LogP contribution in [0.1, 0.15) is 65.2 Å². The quantitative estimate of drug-likeness (QED) is 0.774. The number of nitrogens with two attached hydrogens (primary N) is 1. The van der Waals surface area contributed by atoms with Crippen LogP contribution in [0.15, 0.2) is 6.33 Å². The molecule has 0 saturated carbocycles. The molecule has 4 heteroatoms. The zero-order valence-electron chi connectivity index (χ0n) is 12.3. The van der Waals surface area contributed by atoms with Crippen LogP contribution in [0.5, 0.6) is 0 Å². The molecule has 1 unspecified atom stereocenters. The molecule has 0 radical (unpaired) electrons. The van der Waals surface area contributed by atoms with Gasteiger partial charge in [0.15, 0.2) is 0 Å². The molecule has 1 aromatic rings. The fourth-order valence-electron chi connectivity index (χ4n) is 2.54. The van der Waals surface area contributed by atoms with Gasteiger partial charge in [0.25, 0.3) is 0 Å². The van der Waals surface area contributed by atoms with Gasteiger partial charge in [-0.2, -0.15) is 5.10 Å². The Morgan fingerprint density at radius 1 is 1.22 bits per heavy atom. The van der Waals surface area contributed by atoms with Gasteiger partial charge in [0, 0.05) is 18.5 Å². The van der Waals surface area contributed by atoms with E-state index in [4.69, 9.17) is 5.73 Å². The van der Waals surface area contributed by atoms with E-state index in [9.17, 15) is 0 Å². The summed E-state index contributed by atoms with van der Waals surface area (Å²) in [6, 6.07) is 0.553. The van der Waals surface area contributed by atoms with E-state index in [1.165, 1.54) is 25.7 Å². The van der Waals surface area contributed by atoms with Crippen LogP contribution < -0.4 is 5.73 Å². The first-order chi connectivity index (χ1) is 8.60. The molecule has 18 heavy (non-hydrogen) atoms. The fourth-order valence-corrected chi connectivity index (χ4v) is 2.54. The van der Waals surface area contributed by atoms with Gasteiger partial charge in [-0.25, -0.2) is 9.67 Å². The van der Waals surface area contributed by atoms with Crippen molar-refractivity contribution in [3.63, 3.8) is 0 Å². The molecule has 1 heterocycles. The van der Waals surface area contributed by atoms with E-state index in [0.29, 0.717) is 12.0 Å². The number of rotatable bonds is 8. The second-order valence-electron chi connectivity index (χ2n) is 5.42. The Kier molecular flexibility index (Phi) is 6.33. The molecule has 1 rings (SSSR count). The van der Waals surface area contributed by atoms with Crippen LogP contribution in [-0.4, -0.2) is 20.8 Å². The lowest BCUT2D eigenvalue weighted by Crippen LogP contribution is -2.33. The maximum absolute atomic E-state index is 6.37. The number of nitrogens with zero attached hydrogens (tertiary/aromatic N) is 3. The first-order valence-electron chi connectivity index (χ1n) is 7.24. The summed E-state index contributed by atoms with van der Waals surface area (Å²) in [5.74, 6) is 1.63. The van der Waals surface area contributed by atoms with E-state index in [-0.39, 0.29) is 6.04 Å². The average Bonchev–Trinajstić information content (AvgIpc) is 2.77. The molecule has 0 spiro atoms. The molecule has 104 valence electrons. The Morgan fingerprint density at radius 3 is 2.33 bits per heavy atom. The molecule has 0 aliphatic rings. The Labute approximate surface area is 111 Å². The van der Waals surface area contributed by atoms with Gasteiger partial charge in [-0.15, -0.1) is 0 Å². The summed E-state index contributed by atoms with van der Waals surface area (Å²) in [6.45, 7) is 8.70. The normalized spacial score (nSPS) is 13.5. The highest BCUT2D eigenvalue weighted by Gasteiger charge is 2.19. The first-order valence-corrected chi connectivity index (χ1v) is 7.24. The zero-order chi connectivity index (χ0) is 13.5. The molecule has 1 aromatic heterocycles. The summed E-state index contributed by atoms with van der Waals surface area (Å²) in [4.78, 5) is 4.35. The monoisotopic (exact) mass is 252 g/mol. The summed E-state index contributed by atoms with van der Waals surface area (Å²) in [5.41, 5.74) is 6.37. The highest BCUT2D eigenvalue weighted by atomic mass is 15.3. The van der Waals surface area contributed by atoms with Crippen molar-refractivity contribution >= 4 is 0 Å². The minimum Gasteiger partial charge on any atom is -0.327 e. The average molecular weight is 252 g/mol. The molecule has 0 amide bonds. The summed E-state index contributed by atoms with van der Waals surface area (Å²) in [5, 5.41) is 4.27. The Morgan fingerprint density at radius 2 is 1.83 bits per heavy atom. The van der Waals surface area contributed by atoms with E-state index in [1.807, 2.05) is 4.68 Å². The van der Waals surface area contributed by atoms with Gasteiger partial charge >= 0.3 is 0 Å². The molecule has 0 saturated heterocycles. The summed E-state index contributed by atoms with van der Waals surface area (Å²) in [6.07, 6.45) is 7.31. The number of hydrogen-bond donors (Lipinski definition) is 1. The van der Waals surface area contributed by atoms with Crippen molar-refractivity contribution in [1.29, 1.82) is 0 Å². The van der Waals surface area contributed by atoms with Crippen molar-refractivity contribution in [1.82, 2.24) is 14.8 Å². The molecule has 0 bridgehead atoms. The summed E-state index contributed by atoms with van der Waals surface area (Å²) >= 11 is 0. The fraction of sp³-hybridized carbons (Fsp3) is 0.857. The first kappa shape index (κ1) is 15.2. The van der Waals surface area contributed by atoms with Gasteiger partial charge < -0.3 is 5.73 Å². The second-order valence-corrected chi connectivity index (χ2v) is 5.42. The molecule has 4 nitrogen and oxygen atoms in total. The van der Waals surface area contributed by atoms with Crippen molar-refractivity contribution in [2.24, 2.45) is 11.7 Å². The molecular formula is C14H28N4. The lowest BCUT2D eigenvalue weighted by Gasteiger charge is -2.23. The molecule has 1 atom stereocenters. The molecule has 2 N–H and O–H groups in total. The van der Waals surface area contributed by atoms with Crippen LogP contribution in [0.25, 0.3) is 0 Å². The number of hydrogen-bond acceptors (Lipinski definition) is 3. The lowest BCUT2D eigenvalue weighted by atomic mass is 9.89. The minimum atomic E-state index is 0.201. The van der Waals surface area contributed by atoms with Crippen molar-refractivity contribution in [2.45, 2.75) is 71.9 Å². The van der Waals surface area contributed by atoms with Crippen LogP contribution in [0.2, 0.25) is 0 Å². The molecule has 0 aromatic carbocycles. The smallest absolute Gasteiger partial charge is 0.138 e. The van der Waals surface area contributed by atoms with E-state index < -0.39 is 0 Å². The predicted octanol–water partition coefficient (Wildman–Crippen LogP) is 2.95. The van der Waals surface area contributed by atoms with Crippen molar-refractivity contribution in [3.8, 4) is 0 Å². The van der Waals surface area contributed by atoms with Gasteiger partial charge in [-0.3, -0.25) is 0 Å². The zero-order valence-corrected chi connectivity index (χ0v) is 12.3. The van der Waals surface area contributed by atoms with E-state index >= 15 is 0 Å². The van der Waals surface area contributed by atoms with Crippen LogP contribution >= 0.6 is 0 Å². The maximum Gasteiger partial charge on any atom is 0.138 e. The van der Waals surface area contributed by atoms with Gasteiger partial charge in [-0.1, -0.05) is 26.7 Å². The Bertz CT molecular complexity index is 326. The van der Waals surface area contributed by atoms with Gasteiger partial charge in [0.2, 0.25) is 0 Å². The largest absolute Gasteiger partial charge is 0.327 e. The Balaban J connectivity index is 2.66. The van der Waals surface area contributed by atoms with E-state index in [2.05, 4.69) is 37.8 Å². The highest BCUT2D eigenvalue weighted by molar-refractivity contribution is 4.92. The lowest BCUT2D eigenvalue weighted by molar-refractivity contribution is 0.349. The predicted molar refractivity (Wildman–Crippen MR) is 75.4 cm³/mol. The molecular weight excluding hydrogens is 224 g/mol. The third-order valence-corrected chi connectivity index (χ3v) is 3.48. The second kappa shape index (κ2) is 7.52. The molecule has 0 fully saturated rings. The van der Waals surface area contributed by atoms with Crippen molar-refractivity contribution < 1.29 is 0 Å². The minimum absolute atomic E-state index is 0.201. The van der Waals surface area contributed by atoms with Gasteiger partial charge in [-0.05, 0) is 32.6 Å². The maximum atomic E-state index is 6.37. The topological polar surface area (TPSA) is 56.7 Å². The standard InChI is InChI=1S/C14H28N4/c1-5-7-12(8-6-2)13(15)9-14-16-10-17-18(14)11(3)4/h10-13H,5-9,15H2,1-4H3. The summed E-state index contributed by atoms with van der Waals surface area (Å²) in [7, 11) is 0. The van der Waals surface area contributed by atoms with Gasteiger partial charge in [0.05, 0.1) is 0 Å². The highest BCUT2D eigenvalue weighted by Crippen LogP contribution is 2.19. The van der Waals surface area contributed by atoms with Crippen molar-refractivity contribution in [2.75, 3.05) is 0 Å². The van der Waals surface area contributed by atoms with Gasteiger partial charge in [0.1, 0.15) is 12.2 Å².